The zero-order valence-corrected chi connectivity index (χ0v) is 11.8. The minimum absolute atomic E-state index is 0.0407. The van der Waals surface area contributed by atoms with Gasteiger partial charge in [0.05, 0.1) is 12.8 Å². The molecule has 0 unspecified atom stereocenters. The second kappa shape index (κ2) is 6.86. The van der Waals surface area contributed by atoms with Crippen molar-refractivity contribution < 1.29 is 14.3 Å². The van der Waals surface area contributed by atoms with Crippen molar-refractivity contribution in [2.75, 3.05) is 20.2 Å². The van der Waals surface area contributed by atoms with Gasteiger partial charge in [0, 0.05) is 13.1 Å². The number of nitrogens with zero attached hydrogens (tertiary/aromatic N) is 4. The molecule has 0 aromatic carbocycles. The molecule has 0 N–H and O–H groups in total. The standard InChI is InChI=1S/C12H20N4O3/c1-5-9-11(12(18)19-4)13-14-16(9)8-10(17)15(6-2)7-3/h5-8H2,1-4H3. The van der Waals surface area contributed by atoms with Crippen LogP contribution in [0.1, 0.15) is 37.0 Å². The van der Waals surface area contributed by atoms with Gasteiger partial charge in [-0.1, -0.05) is 12.1 Å². The molecule has 0 aliphatic rings. The molecule has 0 fully saturated rings. The van der Waals surface area contributed by atoms with E-state index in [4.69, 9.17) is 0 Å². The zero-order chi connectivity index (χ0) is 14.4. The molecule has 1 aromatic rings. The number of rotatable bonds is 6. The molecule has 1 aromatic heterocycles. The van der Waals surface area contributed by atoms with Crippen LogP contribution in [0.5, 0.6) is 0 Å². The summed E-state index contributed by atoms with van der Waals surface area (Å²) in [6, 6.07) is 0. The first-order chi connectivity index (χ1) is 9.08. The van der Waals surface area contributed by atoms with E-state index in [2.05, 4.69) is 15.0 Å². The van der Waals surface area contributed by atoms with Gasteiger partial charge in [0.15, 0.2) is 5.69 Å². The Morgan fingerprint density at radius 1 is 1.26 bits per heavy atom. The van der Waals surface area contributed by atoms with Crippen molar-refractivity contribution in [1.82, 2.24) is 19.9 Å². The number of methoxy groups -OCH3 is 1. The maximum Gasteiger partial charge on any atom is 0.360 e. The summed E-state index contributed by atoms with van der Waals surface area (Å²) in [5.41, 5.74) is 0.796. The number of amides is 1. The third-order valence-corrected chi connectivity index (χ3v) is 2.95. The summed E-state index contributed by atoms with van der Waals surface area (Å²) < 4.78 is 6.10. The van der Waals surface area contributed by atoms with Crippen molar-refractivity contribution in [2.45, 2.75) is 33.7 Å². The van der Waals surface area contributed by atoms with E-state index in [-0.39, 0.29) is 18.1 Å². The average Bonchev–Trinajstić information content (AvgIpc) is 2.81. The Bertz CT molecular complexity index is 452. The molecule has 0 bridgehead atoms. The molecule has 0 saturated heterocycles. The molecule has 1 rings (SSSR count). The van der Waals surface area contributed by atoms with Gasteiger partial charge in [0.2, 0.25) is 5.91 Å². The molecule has 1 heterocycles. The van der Waals surface area contributed by atoms with Crippen LogP contribution in [-0.4, -0.2) is 52.0 Å². The summed E-state index contributed by atoms with van der Waals surface area (Å²) in [6.45, 7) is 7.11. The number of ether oxygens (including phenoxy) is 1. The monoisotopic (exact) mass is 268 g/mol. The predicted molar refractivity (Wildman–Crippen MR) is 68.7 cm³/mol. The number of hydrogen-bond donors (Lipinski definition) is 0. The smallest absolute Gasteiger partial charge is 0.360 e. The Morgan fingerprint density at radius 3 is 2.37 bits per heavy atom. The molecule has 1 amide bonds. The molecule has 0 aliphatic heterocycles. The third-order valence-electron chi connectivity index (χ3n) is 2.95. The van der Waals surface area contributed by atoms with Crippen molar-refractivity contribution in [2.24, 2.45) is 0 Å². The Balaban J connectivity index is 2.93. The van der Waals surface area contributed by atoms with Gasteiger partial charge in [-0.05, 0) is 20.3 Å². The lowest BCUT2D eigenvalue weighted by molar-refractivity contribution is -0.131. The van der Waals surface area contributed by atoms with Crippen molar-refractivity contribution >= 4 is 11.9 Å². The summed E-state index contributed by atoms with van der Waals surface area (Å²) in [4.78, 5) is 25.2. The number of carbonyl (C=O) groups excluding carboxylic acids is 2. The van der Waals surface area contributed by atoms with Crippen molar-refractivity contribution in [3.05, 3.63) is 11.4 Å². The molecule has 0 aliphatic carbocycles. The van der Waals surface area contributed by atoms with Gasteiger partial charge in [-0.15, -0.1) is 5.10 Å². The Hall–Kier alpha value is -1.92. The number of aromatic nitrogens is 3. The molecule has 7 nitrogen and oxygen atoms in total. The van der Waals surface area contributed by atoms with Gasteiger partial charge in [0.1, 0.15) is 6.54 Å². The predicted octanol–water partition coefficient (Wildman–Crippen LogP) is 0.495. The van der Waals surface area contributed by atoms with Gasteiger partial charge in [-0.2, -0.15) is 0 Å². The largest absolute Gasteiger partial charge is 0.464 e. The first-order valence-electron chi connectivity index (χ1n) is 6.37. The molecule has 0 spiro atoms. The fourth-order valence-corrected chi connectivity index (χ4v) is 1.87. The van der Waals surface area contributed by atoms with Crippen molar-refractivity contribution in [3.8, 4) is 0 Å². The van der Waals surface area contributed by atoms with E-state index in [0.29, 0.717) is 25.2 Å². The first kappa shape index (κ1) is 15.1. The van der Waals surface area contributed by atoms with E-state index in [9.17, 15) is 9.59 Å². The van der Waals surface area contributed by atoms with E-state index < -0.39 is 5.97 Å². The first-order valence-corrected chi connectivity index (χ1v) is 6.37. The Labute approximate surface area is 112 Å². The molecule has 7 heteroatoms. The zero-order valence-electron chi connectivity index (χ0n) is 11.8. The summed E-state index contributed by atoms with van der Waals surface area (Å²) in [5.74, 6) is -0.570. The van der Waals surface area contributed by atoms with Crippen LogP contribution in [0.2, 0.25) is 0 Å². The lowest BCUT2D eigenvalue weighted by Gasteiger charge is -2.18. The lowest BCUT2D eigenvalue weighted by atomic mass is 10.2. The summed E-state index contributed by atoms with van der Waals surface area (Å²) in [5, 5.41) is 7.65. The molecule has 19 heavy (non-hydrogen) atoms. The molecule has 0 atom stereocenters. The molecular formula is C12H20N4O3. The maximum atomic E-state index is 12.0. The summed E-state index contributed by atoms with van der Waals surface area (Å²) in [6.07, 6.45) is 0.558. The number of likely N-dealkylation sites (N-methyl/N-ethyl adjacent to an activating group) is 1. The molecule has 106 valence electrons. The topological polar surface area (TPSA) is 77.3 Å². The van der Waals surface area contributed by atoms with Crippen LogP contribution in [0.3, 0.4) is 0 Å². The van der Waals surface area contributed by atoms with Gasteiger partial charge in [0.25, 0.3) is 0 Å². The fourth-order valence-electron chi connectivity index (χ4n) is 1.87. The average molecular weight is 268 g/mol. The van der Waals surface area contributed by atoms with E-state index >= 15 is 0 Å². The number of esters is 1. The summed E-state index contributed by atoms with van der Waals surface area (Å²) >= 11 is 0. The second-order valence-corrected chi connectivity index (χ2v) is 3.95. The van der Waals surface area contributed by atoms with Crippen LogP contribution in [-0.2, 0) is 22.5 Å². The van der Waals surface area contributed by atoms with Crippen LogP contribution in [0.4, 0.5) is 0 Å². The van der Waals surface area contributed by atoms with E-state index in [1.54, 1.807) is 4.90 Å². The van der Waals surface area contributed by atoms with Crippen molar-refractivity contribution in [3.63, 3.8) is 0 Å². The highest BCUT2D eigenvalue weighted by Crippen LogP contribution is 2.08. The normalized spacial score (nSPS) is 10.3. The lowest BCUT2D eigenvalue weighted by Crippen LogP contribution is -2.34. The van der Waals surface area contributed by atoms with Crippen LogP contribution in [0.25, 0.3) is 0 Å². The second-order valence-electron chi connectivity index (χ2n) is 3.95. The minimum Gasteiger partial charge on any atom is -0.464 e. The van der Waals surface area contributed by atoms with Crippen LogP contribution in [0.15, 0.2) is 0 Å². The molecular weight excluding hydrogens is 248 g/mol. The molecule has 0 radical (unpaired) electrons. The van der Waals surface area contributed by atoms with E-state index in [1.165, 1.54) is 11.8 Å². The SMILES string of the molecule is CCc1c(C(=O)OC)nnn1CC(=O)N(CC)CC. The van der Waals surface area contributed by atoms with E-state index in [1.807, 2.05) is 20.8 Å². The number of hydrogen-bond acceptors (Lipinski definition) is 5. The Kier molecular flexibility index (Phi) is 5.47. The van der Waals surface area contributed by atoms with Gasteiger partial charge >= 0.3 is 5.97 Å². The van der Waals surface area contributed by atoms with Gasteiger partial charge in [-0.3, -0.25) is 4.79 Å². The summed E-state index contributed by atoms with van der Waals surface area (Å²) in [7, 11) is 1.29. The highest BCUT2D eigenvalue weighted by atomic mass is 16.5. The highest BCUT2D eigenvalue weighted by Gasteiger charge is 2.21. The molecule has 0 saturated carbocycles. The maximum absolute atomic E-state index is 12.0. The minimum atomic E-state index is -0.529. The Morgan fingerprint density at radius 2 is 1.89 bits per heavy atom. The van der Waals surface area contributed by atoms with E-state index in [0.717, 1.165) is 0 Å². The van der Waals surface area contributed by atoms with Gasteiger partial charge < -0.3 is 9.64 Å². The fraction of sp³-hybridized carbons (Fsp3) is 0.667. The number of carbonyl (C=O) groups is 2. The third kappa shape index (κ3) is 3.30. The van der Waals surface area contributed by atoms with Crippen LogP contribution >= 0.6 is 0 Å². The quantitative estimate of drug-likeness (QED) is 0.702. The van der Waals surface area contributed by atoms with Crippen LogP contribution < -0.4 is 0 Å². The van der Waals surface area contributed by atoms with Gasteiger partial charge in [-0.25, -0.2) is 9.48 Å². The highest BCUT2D eigenvalue weighted by molar-refractivity contribution is 5.88. The van der Waals surface area contributed by atoms with Crippen LogP contribution in [0, 0.1) is 0 Å². The van der Waals surface area contributed by atoms with Crippen molar-refractivity contribution in [1.29, 1.82) is 0 Å².